The topological polar surface area (TPSA) is 105 Å². The summed E-state index contributed by atoms with van der Waals surface area (Å²) in [6.45, 7) is 4.95. The molecule has 9 heteroatoms. The molecule has 67 heavy (non-hydrogen) atoms. The van der Waals surface area contributed by atoms with E-state index in [0.717, 1.165) is 38.5 Å². The van der Waals surface area contributed by atoms with Crippen LogP contribution in [0, 0.1) is 0 Å². The molecule has 0 aliphatic carbocycles. The highest BCUT2D eigenvalue weighted by atomic mass is 31.2. The predicted molar refractivity (Wildman–Crippen MR) is 291 cm³/mol. The smallest absolute Gasteiger partial charge is 0.391 e. The largest absolute Gasteiger partial charge is 0.472 e. The van der Waals surface area contributed by atoms with Gasteiger partial charge in [-0.3, -0.25) is 13.8 Å². The summed E-state index contributed by atoms with van der Waals surface area (Å²) < 4.78 is 23.8. The first-order valence-corrected chi connectivity index (χ1v) is 31.4. The summed E-state index contributed by atoms with van der Waals surface area (Å²) in [4.78, 5) is 23.3. The lowest BCUT2D eigenvalue weighted by Gasteiger charge is -2.26. The number of unbranched alkanes of at least 4 members (excludes halogenated alkanes) is 43. The van der Waals surface area contributed by atoms with E-state index in [-0.39, 0.29) is 19.1 Å². The van der Waals surface area contributed by atoms with Crippen LogP contribution in [0.2, 0.25) is 0 Å². The van der Waals surface area contributed by atoms with Crippen LogP contribution in [0.25, 0.3) is 0 Å². The number of carbonyl (C=O) groups excluding carboxylic acids is 1. The number of amides is 1. The quantitative estimate of drug-likeness (QED) is 0.0319. The number of phosphoric acid groups is 1. The molecule has 0 saturated carbocycles. The second-order valence-electron chi connectivity index (χ2n) is 22.1. The predicted octanol–water partition coefficient (Wildman–Crippen LogP) is 18.0. The van der Waals surface area contributed by atoms with Crippen molar-refractivity contribution in [1.82, 2.24) is 5.32 Å². The molecule has 0 radical (unpaired) electrons. The van der Waals surface area contributed by atoms with E-state index in [1.54, 1.807) is 0 Å². The van der Waals surface area contributed by atoms with E-state index < -0.39 is 20.0 Å². The molecule has 0 rings (SSSR count). The van der Waals surface area contributed by atoms with Gasteiger partial charge in [0, 0.05) is 6.42 Å². The van der Waals surface area contributed by atoms with Gasteiger partial charge in [-0.25, -0.2) is 4.57 Å². The van der Waals surface area contributed by atoms with E-state index in [2.05, 4.69) is 19.2 Å². The van der Waals surface area contributed by atoms with Crippen molar-refractivity contribution in [3.05, 3.63) is 0 Å². The molecule has 3 N–H and O–H groups in total. The minimum atomic E-state index is -4.32. The number of carbonyl (C=O) groups is 1. The summed E-state index contributed by atoms with van der Waals surface area (Å²) in [6.07, 6.45) is 60.2. The fourth-order valence-corrected chi connectivity index (χ4v) is 10.1. The zero-order chi connectivity index (χ0) is 49.2. The molecule has 0 aromatic heterocycles. The van der Waals surface area contributed by atoms with Gasteiger partial charge in [-0.2, -0.15) is 0 Å². The Morgan fingerprint density at radius 2 is 0.716 bits per heavy atom. The van der Waals surface area contributed by atoms with Gasteiger partial charge >= 0.3 is 7.82 Å². The average molecular weight is 973 g/mol. The Bertz CT molecular complexity index is 1060. The molecule has 3 atom stereocenters. The van der Waals surface area contributed by atoms with Crippen molar-refractivity contribution < 1.29 is 32.9 Å². The first-order valence-electron chi connectivity index (χ1n) is 29.9. The maximum atomic E-state index is 13.0. The number of phosphoric ester groups is 1. The van der Waals surface area contributed by atoms with E-state index in [1.165, 1.54) is 250 Å². The first kappa shape index (κ1) is 66.5. The van der Waals surface area contributed by atoms with Crippen molar-refractivity contribution in [2.75, 3.05) is 40.9 Å². The van der Waals surface area contributed by atoms with Gasteiger partial charge in [0.2, 0.25) is 5.91 Å². The second-order valence-corrected chi connectivity index (χ2v) is 23.5. The van der Waals surface area contributed by atoms with E-state index in [9.17, 15) is 19.4 Å². The van der Waals surface area contributed by atoms with Crippen LogP contribution in [0.3, 0.4) is 0 Å². The molecular weight excluding hydrogens is 852 g/mol. The Morgan fingerprint density at radius 3 is 1.00 bits per heavy atom. The maximum absolute atomic E-state index is 13.0. The zero-order valence-corrected chi connectivity index (χ0v) is 46.8. The first-order chi connectivity index (χ1) is 32.5. The van der Waals surface area contributed by atoms with Crippen molar-refractivity contribution in [3.63, 3.8) is 0 Å². The third-order valence-electron chi connectivity index (χ3n) is 14.1. The van der Waals surface area contributed by atoms with E-state index in [1.807, 2.05) is 21.1 Å². The van der Waals surface area contributed by atoms with Gasteiger partial charge in [-0.05, 0) is 12.8 Å². The fourth-order valence-electron chi connectivity index (χ4n) is 9.40. The lowest BCUT2D eigenvalue weighted by Crippen LogP contribution is -2.46. The molecule has 0 spiro atoms. The monoisotopic (exact) mass is 972 g/mol. The summed E-state index contributed by atoms with van der Waals surface area (Å²) in [5.74, 6) is -0.136. The number of hydrogen-bond acceptors (Lipinski definition) is 5. The molecule has 0 aliphatic heterocycles. The summed E-state index contributed by atoms with van der Waals surface area (Å²) in [7, 11) is 1.64. The molecule has 402 valence electrons. The SMILES string of the molecule is CCCCCCCCCCCCCCCCCCCCCCCCCCCCCCC(O)C(COP(=O)(O)OCC[N+](C)(C)C)NC(=O)CCCCCCCCCCCCCCCCCCC. The highest BCUT2D eigenvalue weighted by Gasteiger charge is 2.28. The van der Waals surface area contributed by atoms with Crippen LogP contribution < -0.4 is 5.32 Å². The highest BCUT2D eigenvalue weighted by Crippen LogP contribution is 2.43. The van der Waals surface area contributed by atoms with Crippen molar-refractivity contribution in [3.8, 4) is 0 Å². The Kier molecular flexibility index (Phi) is 50.1. The third-order valence-corrected chi connectivity index (χ3v) is 15.1. The van der Waals surface area contributed by atoms with Crippen LogP contribution in [-0.4, -0.2) is 73.4 Å². The Hall–Kier alpha value is -0.500. The molecule has 3 unspecified atom stereocenters. The number of rotatable bonds is 56. The third kappa shape index (κ3) is 53.1. The Labute approximate surface area is 419 Å². The molecular formula is C58H120N2O6P+. The highest BCUT2D eigenvalue weighted by molar-refractivity contribution is 7.47. The van der Waals surface area contributed by atoms with Crippen LogP contribution in [0.15, 0.2) is 0 Å². The lowest BCUT2D eigenvalue weighted by atomic mass is 10.0. The van der Waals surface area contributed by atoms with Crippen molar-refractivity contribution in [2.45, 2.75) is 328 Å². The molecule has 0 aromatic rings. The van der Waals surface area contributed by atoms with Gasteiger partial charge in [0.25, 0.3) is 0 Å². The standard InChI is InChI=1S/C58H119N2O6P/c1-6-8-10-12-14-16-18-20-22-24-25-26-27-28-29-30-31-32-33-34-36-37-39-41-43-45-47-49-51-57(61)56(55-66-67(63,64)65-54-53-60(3,4)5)59-58(62)52-50-48-46-44-42-40-38-35-23-21-19-17-15-13-11-9-7-2/h56-57,61H,6-55H2,1-5H3,(H-,59,62,63,64)/p+1. The maximum Gasteiger partial charge on any atom is 0.472 e. The van der Waals surface area contributed by atoms with Gasteiger partial charge < -0.3 is 19.8 Å². The summed E-state index contributed by atoms with van der Waals surface area (Å²) in [5, 5.41) is 14.1. The number of nitrogens with zero attached hydrogens (tertiary/aromatic N) is 1. The number of aliphatic hydroxyl groups is 1. The van der Waals surface area contributed by atoms with Gasteiger partial charge in [0.15, 0.2) is 0 Å². The number of likely N-dealkylation sites (N-methyl/N-ethyl adjacent to an activating group) is 1. The van der Waals surface area contributed by atoms with Crippen LogP contribution in [-0.2, 0) is 18.4 Å². The molecule has 0 heterocycles. The zero-order valence-electron chi connectivity index (χ0n) is 45.9. The van der Waals surface area contributed by atoms with Crippen molar-refractivity contribution >= 4 is 13.7 Å². The number of hydrogen-bond donors (Lipinski definition) is 3. The molecule has 0 fully saturated rings. The molecule has 0 aromatic carbocycles. The molecule has 0 aliphatic rings. The molecule has 1 amide bonds. The van der Waals surface area contributed by atoms with Crippen LogP contribution >= 0.6 is 7.82 Å². The van der Waals surface area contributed by atoms with E-state index in [4.69, 9.17) is 9.05 Å². The normalized spacial score (nSPS) is 13.8. The molecule has 8 nitrogen and oxygen atoms in total. The number of nitrogens with one attached hydrogen (secondary N) is 1. The van der Waals surface area contributed by atoms with Gasteiger partial charge in [-0.1, -0.05) is 296 Å². The van der Waals surface area contributed by atoms with E-state index >= 15 is 0 Å². The minimum absolute atomic E-state index is 0.0792. The Balaban J connectivity index is 4.06. The molecule has 0 saturated heterocycles. The average Bonchev–Trinajstić information content (AvgIpc) is 3.29. The minimum Gasteiger partial charge on any atom is -0.391 e. The number of quaternary nitrogens is 1. The van der Waals surface area contributed by atoms with E-state index in [0.29, 0.717) is 23.9 Å². The van der Waals surface area contributed by atoms with Gasteiger partial charge in [0.1, 0.15) is 13.2 Å². The Morgan fingerprint density at radius 1 is 0.448 bits per heavy atom. The van der Waals surface area contributed by atoms with Gasteiger partial charge in [0.05, 0.1) is 39.9 Å². The molecule has 0 bridgehead atoms. The fraction of sp³-hybridized carbons (Fsp3) is 0.983. The second kappa shape index (κ2) is 50.4. The van der Waals surface area contributed by atoms with Crippen LogP contribution in [0.4, 0.5) is 0 Å². The van der Waals surface area contributed by atoms with Crippen molar-refractivity contribution in [2.24, 2.45) is 0 Å². The summed E-state index contributed by atoms with van der Waals surface area (Å²) in [5.41, 5.74) is 0. The summed E-state index contributed by atoms with van der Waals surface area (Å²) in [6, 6.07) is -0.755. The number of aliphatic hydroxyl groups excluding tert-OH is 1. The summed E-state index contributed by atoms with van der Waals surface area (Å²) >= 11 is 0. The van der Waals surface area contributed by atoms with Crippen LogP contribution in [0.1, 0.15) is 316 Å². The van der Waals surface area contributed by atoms with Gasteiger partial charge in [-0.15, -0.1) is 0 Å². The van der Waals surface area contributed by atoms with Crippen molar-refractivity contribution in [1.29, 1.82) is 0 Å². The lowest BCUT2D eigenvalue weighted by molar-refractivity contribution is -0.870. The van der Waals surface area contributed by atoms with Crippen LogP contribution in [0.5, 0.6) is 0 Å².